The highest BCUT2D eigenvalue weighted by Crippen LogP contribution is 2.75. The third-order valence-corrected chi connectivity index (χ3v) is 39.3. The molecule has 0 aromatic heterocycles. The molecule has 20 atom stereocenters. The molecule has 0 spiro atoms. The quantitative estimate of drug-likeness (QED) is 0.0397. The predicted molar refractivity (Wildman–Crippen MR) is 549 cm³/mol. The average Bonchev–Trinajstić information content (AvgIpc) is 1.52. The van der Waals surface area contributed by atoms with Gasteiger partial charge in [0.25, 0.3) is 0 Å². The number of phenols is 4. The zero-order valence-corrected chi connectivity index (χ0v) is 90.7. The molecule has 4 aromatic rings. The van der Waals surface area contributed by atoms with Gasteiger partial charge in [-0.2, -0.15) is 0 Å². The van der Waals surface area contributed by atoms with Gasteiger partial charge in [-0.05, 0) is 399 Å². The Labute approximate surface area is 836 Å². The summed E-state index contributed by atoms with van der Waals surface area (Å²) in [6, 6.07) is 19.8. The number of fused-ring (bicyclic) bond motifs is 14. The fraction of sp³-hybridized carbons (Fsp3) is 0.615. The van der Waals surface area contributed by atoms with E-state index in [0.29, 0.717) is 121 Å². The third-order valence-electron chi connectivity index (χ3n) is 31.6. The topological polar surface area (TPSA) is 287 Å². The van der Waals surface area contributed by atoms with Crippen molar-refractivity contribution in [1.82, 2.24) is 0 Å². The molecule has 4 unspecified atom stereocenters. The van der Waals surface area contributed by atoms with Crippen molar-refractivity contribution in [2.75, 3.05) is 0 Å². The fourth-order valence-corrected chi connectivity index (χ4v) is 24.8. The third kappa shape index (κ3) is 26.3. The Kier molecular flexibility index (Phi) is 36.0. The summed E-state index contributed by atoms with van der Waals surface area (Å²) in [5, 5.41) is 98.1. The molecule has 13 rings (SSSR count). The highest BCUT2D eigenvalue weighted by atomic mass is 79.9. The van der Waals surface area contributed by atoms with Gasteiger partial charge < -0.3 is 64.9 Å². The lowest BCUT2D eigenvalue weighted by Gasteiger charge is -2.43. The number of carbonyl (C=O) groups is 4. The van der Waals surface area contributed by atoms with E-state index in [1.807, 2.05) is 54.5 Å². The second-order valence-electron chi connectivity index (χ2n) is 43.3. The summed E-state index contributed by atoms with van der Waals surface area (Å²) in [5.41, 5.74) is 11.4. The van der Waals surface area contributed by atoms with E-state index in [9.17, 15) is 65.1 Å². The first-order chi connectivity index (χ1) is 61.2. The van der Waals surface area contributed by atoms with Gasteiger partial charge in [0, 0.05) is 41.4 Å². The largest absolute Gasteiger partial charge is 0.508 e. The average molecular weight is 2210 g/mol. The van der Waals surface area contributed by atoms with Gasteiger partial charge in [-0.25, -0.2) is 19.2 Å². The first kappa shape index (κ1) is 109. The van der Waals surface area contributed by atoms with Crippen LogP contribution in [-0.2, 0) is 44.6 Å². The minimum Gasteiger partial charge on any atom is -0.508 e. The van der Waals surface area contributed by atoms with E-state index < -0.39 is 74.7 Å². The number of hydrogen-bond acceptors (Lipinski definition) is 17. The summed E-state index contributed by atoms with van der Waals surface area (Å²) in [6.07, 6.45) is 19.2. The molecule has 4 aromatic carbocycles. The number of hydrogen-bond donors (Lipinski definition) is 9. The highest BCUT2D eigenvalue weighted by molar-refractivity contribution is 9.10. The Bertz CT molecular complexity index is 5030. The zero-order valence-electron chi connectivity index (χ0n) is 81.2. The number of rotatable bonds is 4. The van der Waals surface area contributed by atoms with Gasteiger partial charge in [-0.3, -0.25) is 0 Å². The molecule has 4 aliphatic heterocycles. The molecule has 0 radical (unpaired) electrons. The van der Waals surface area contributed by atoms with Gasteiger partial charge in [0.15, 0.2) is 0 Å². The molecule has 132 heavy (non-hydrogen) atoms. The molecule has 4 heterocycles. The first-order valence-electron chi connectivity index (χ1n) is 47.5. The number of alkyl halides is 6. The summed E-state index contributed by atoms with van der Waals surface area (Å²) >= 11 is 22.7. The number of aliphatic hydroxyl groups is 5. The van der Waals surface area contributed by atoms with Crippen LogP contribution in [0.5, 0.6) is 23.0 Å². The molecule has 0 saturated heterocycles. The van der Waals surface area contributed by atoms with Gasteiger partial charge in [0.1, 0.15) is 47.4 Å². The minimum absolute atomic E-state index is 0.0484. The van der Waals surface area contributed by atoms with Crippen LogP contribution >= 0.6 is 95.6 Å². The number of carbonyl (C=O) groups excluding carboxylic acids is 4. The number of cyclic esters (lactones) is 4. The standard InChI is InChI=1S/C28H40Br2O4.C27H36Br2O4.C27H37BrO5.C27H35BrO4/c1-25(2)18-15-19(18)27(5)11-9-22(29)28(6,33)12-10-23(26(3,4)30)34-24(32)16-7-8-20(31)17(13-16)14-21(25)27;1-16(2)22-10-13-27(5,32)24(29)11-12-26(4)20(17(3)6-9-23(26)28)15-19-14-18(25(31)33-22)7-8-21(19)30;1-16-6-7-17(2)21-15-19-14-18(8-10-22(19)29)25(30)33-24(26(3,4)31)12-13-27(5,32)23(28)11-9-20(16)21;1-16(2)24-12-13-27(5,31)25(28)11-9-21-17(3)6-7-18(4)22(21)15-20-14-19(26(30)32-24)8-10-23(20)29/h7-8,13,18-19,21-23,31,33H,9-12,14-15H2,1-6H3;7-8,14,22-24,30,32H,1,6,9-13,15H2,2-5H3;8,10,14,20,23-24,29,31-32H,1,6-7,9,11-13,15H2,2-5H3;6,8,10,14,21,24-25,29,31H,1,7,9,11-13,15H2,2-5H3/t18?,19?,21-,22-,23+,27-,28+;22-,23-,24+,26-,27-;20?,23-,24+,27+;21?,24-,25+,27-/m1010/s1. The summed E-state index contributed by atoms with van der Waals surface area (Å²) in [5.74, 6) is 1.13. The van der Waals surface area contributed by atoms with Crippen molar-refractivity contribution in [2.45, 2.75) is 372 Å². The SMILES string of the molecule is C=C(C)[C@@H]1CC[C@](C)(O)[C@H](Br)CCC2C(C)=CCC(C)=C2Cc2cc(ccc2O)C(=O)O1.C=C(C)[C@@H]1CC[C@](C)(O)[C@H](Br)CC[C@@]2(C)C(=C(C)CC[C@@H]2Br)Cc2cc(ccc2O)C(=O)O1.C=C1CCC(C)=C2Cc3cc(ccc3O)C(=O)O[C@H](C(C)(C)O)CC[C@](C)(O)[C@H](Br)CCC12.CC(C)(Br)[C@@H]1CC[C@](C)(O)[C@H](Br)CC[C@]2(C)C3CC3C(C)(C)[C@H]2Cc2cc(ccc2O)C(=O)O1. The maximum absolute atomic E-state index is 13.2. The van der Waals surface area contributed by atoms with E-state index in [2.05, 4.69) is 177 Å². The second-order valence-corrected chi connectivity index (χ2v) is 50.9. The molecule has 17 nitrogen and oxygen atoms in total. The number of ether oxygens (including phenoxy) is 4. The van der Waals surface area contributed by atoms with Crippen LogP contribution in [-0.4, -0.2) is 151 Å². The van der Waals surface area contributed by atoms with Crippen molar-refractivity contribution in [2.24, 2.45) is 45.8 Å². The lowest BCUT2D eigenvalue weighted by Crippen LogP contribution is -2.43. The van der Waals surface area contributed by atoms with Crippen LogP contribution in [0.25, 0.3) is 0 Å². The van der Waals surface area contributed by atoms with Crippen molar-refractivity contribution >= 4 is 119 Å². The van der Waals surface area contributed by atoms with E-state index in [-0.39, 0.29) is 76.4 Å². The van der Waals surface area contributed by atoms with Crippen molar-refractivity contribution in [1.29, 1.82) is 0 Å². The maximum atomic E-state index is 13.2. The van der Waals surface area contributed by atoms with Crippen LogP contribution in [0.1, 0.15) is 330 Å². The minimum atomic E-state index is -1.27. The Hall–Kier alpha value is -5.18. The van der Waals surface area contributed by atoms with Crippen molar-refractivity contribution in [3.63, 3.8) is 0 Å². The molecule has 5 aliphatic carbocycles. The number of esters is 4. The van der Waals surface area contributed by atoms with E-state index in [4.69, 9.17) is 18.9 Å². The molecular weight excluding hydrogens is 2060 g/mol. The molecule has 2 fully saturated rings. The molecule has 9 aliphatic rings. The molecule has 0 amide bonds. The summed E-state index contributed by atoms with van der Waals surface area (Å²) in [6.45, 7) is 48.6. The van der Waals surface area contributed by atoms with Gasteiger partial charge in [-0.1, -0.05) is 194 Å². The molecule has 8 bridgehead atoms. The van der Waals surface area contributed by atoms with Crippen molar-refractivity contribution in [3.05, 3.63) is 199 Å². The van der Waals surface area contributed by atoms with E-state index in [0.717, 1.165) is 118 Å². The van der Waals surface area contributed by atoms with E-state index in [1.165, 1.54) is 57.1 Å². The summed E-state index contributed by atoms with van der Waals surface area (Å²) in [7, 11) is 0. The lowest BCUT2D eigenvalue weighted by atomic mass is 9.62. The summed E-state index contributed by atoms with van der Waals surface area (Å²) in [4.78, 5) is 52.0. The summed E-state index contributed by atoms with van der Waals surface area (Å²) < 4.78 is 22.8. The number of halogens is 6. The number of benzene rings is 4. The van der Waals surface area contributed by atoms with Crippen LogP contribution in [0.15, 0.2) is 154 Å². The predicted octanol–water partition coefficient (Wildman–Crippen LogP) is 26.0. The zero-order chi connectivity index (χ0) is 98.0. The smallest absolute Gasteiger partial charge is 0.338 e. The lowest BCUT2D eigenvalue weighted by molar-refractivity contribution is -0.0764. The van der Waals surface area contributed by atoms with Crippen LogP contribution in [0.2, 0.25) is 0 Å². The van der Waals surface area contributed by atoms with Crippen LogP contribution in [0.3, 0.4) is 0 Å². The van der Waals surface area contributed by atoms with Gasteiger partial charge in [0.2, 0.25) is 0 Å². The Balaban J connectivity index is 0.000000183. The molecule has 2 saturated carbocycles. The Morgan fingerprint density at radius 2 is 0.833 bits per heavy atom. The molecule has 728 valence electrons. The monoisotopic (exact) mass is 2200 g/mol. The number of aromatic hydroxyl groups is 4. The highest BCUT2D eigenvalue weighted by Gasteiger charge is 2.68. The van der Waals surface area contributed by atoms with Crippen LogP contribution in [0, 0.1) is 45.8 Å². The first-order valence-corrected chi connectivity index (χ1v) is 52.9. The van der Waals surface area contributed by atoms with Crippen molar-refractivity contribution < 1.29 is 84.1 Å². The normalized spacial score (nSPS) is 33.7. The number of phenolic OH excluding ortho intramolecular Hbond substituents is 4. The Morgan fingerprint density at radius 3 is 1.29 bits per heavy atom. The fourth-order valence-electron chi connectivity index (χ4n) is 21.8. The van der Waals surface area contributed by atoms with Crippen molar-refractivity contribution in [3.8, 4) is 23.0 Å². The van der Waals surface area contributed by atoms with Gasteiger partial charge >= 0.3 is 23.9 Å². The van der Waals surface area contributed by atoms with Crippen LogP contribution in [0.4, 0.5) is 0 Å². The molecular formula is C109H148Br6O17. The van der Waals surface area contributed by atoms with E-state index in [1.54, 1.807) is 81.4 Å². The number of allylic oxidation sites excluding steroid dienone is 9. The second kappa shape index (κ2) is 43.7. The van der Waals surface area contributed by atoms with Gasteiger partial charge in [0.05, 0.1) is 54.6 Å². The maximum Gasteiger partial charge on any atom is 0.338 e. The van der Waals surface area contributed by atoms with E-state index >= 15 is 0 Å². The van der Waals surface area contributed by atoms with Gasteiger partial charge in [-0.15, -0.1) is 0 Å². The molecule has 9 N–H and O–H groups in total. The molecule has 23 heteroatoms. The Morgan fingerprint density at radius 1 is 0.439 bits per heavy atom. The van der Waals surface area contributed by atoms with Crippen LogP contribution < -0.4 is 0 Å².